The van der Waals surface area contributed by atoms with Gasteiger partial charge in [0.25, 0.3) is 11.7 Å². The summed E-state index contributed by atoms with van der Waals surface area (Å²) in [5, 5.41) is 3.09. The first-order valence-corrected chi connectivity index (χ1v) is 9.48. The topological polar surface area (TPSA) is 55.7 Å². The monoisotopic (exact) mass is 392 g/mol. The lowest BCUT2D eigenvalue weighted by Crippen LogP contribution is -2.49. The molecule has 5 nitrogen and oxygen atoms in total. The number of hydrogen-bond donors (Lipinski definition) is 1. The zero-order valence-electron chi connectivity index (χ0n) is 16.4. The van der Waals surface area contributed by atoms with Crippen molar-refractivity contribution in [3.63, 3.8) is 0 Å². The molecule has 3 aromatic rings. The molecule has 0 unspecified atom stereocenters. The lowest BCUT2D eigenvalue weighted by atomic mass is 10.0. The van der Waals surface area contributed by atoms with Crippen molar-refractivity contribution in [3.8, 4) is 0 Å². The van der Waals surface area contributed by atoms with Gasteiger partial charge in [-0.05, 0) is 42.8 Å². The van der Waals surface area contributed by atoms with E-state index in [0.29, 0.717) is 18.7 Å². The number of anilines is 1. The van der Waals surface area contributed by atoms with Gasteiger partial charge in [0.2, 0.25) is 0 Å². The molecular weight excluding hydrogens is 369 g/mol. The quantitative estimate of drug-likeness (QED) is 0.723. The van der Waals surface area contributed by atoms with Crippen molar-refractivity contribution >= 4 is 11.7 Å². The van der Waals surface area contributed by atoms with Crippen LogP contribution < -0.4 is 15.2 Å². The second kappa shape index (κ2) is 8.01. The maximum atomic E-state index is 13.5. The van der Waals surface area contributed by atoms with Crippen molar-refractivity contribution in [1.82, 2.24) is 5.32 Å². The summed E-state index contributed by atoms with van der Waals surface area (Å²) in [6, 6.07) is 18.2. The molecule has 2 aromatic carbocycles. The molecular formula is C23H23FN3O2+. The number of carbonyl (C=O) groups excluding carboxylic acids is 1. The summed E-state index contributed by atoms with van der Waals surface area (Å²) < 4.78 is 18.8. The molecule has 1 aromatic heterocycles. The van der Waals surface area contributed by atoms with Crippen LogP contribution >= 0.6 is 0 Å². The minimum absolute atomic E-state index is 0.179. The predicted octanol–water partition coefficient (Wildman–Crippen LogP) is 3.54. The van der Waals surface area contributed by atoms with E-state index in [0.717, 1.165) is 28.2 Å². The Morgan fingerprint density at radius 2 is 1.86 bits per heavy atom. The number of nitrogens with zero attached hydrogens (tertiary/aromatic N) is 1. The smallest absolute Gasteiger partial charge is 0.290 e. The summed E-state index contributed by atoms with van der Waals surface area (Å²) in [5.41, 5.74) is 4.24. The molecule has 2 N–H and O–H groups in total. The third kappa shape index (κ3) is 3.84. The fourth-order valence-corrected chi connectivity index (χ4v) is 3.77. The first-order chi connectivity index (χ1) is 14.1. The number of carbonyl (C=O) groups is 1. The van der Waals surface area contributed by atoms with Crippen LogP contribution in [0.25, 0.3) is 0 Å². The Bertz CT molecular complexity index is 1020. The van der Waals surface area contributed by atoms with E-state index in [9.17, 15) is 9.18 Å². The number of halogens is 1. The molecule has 0 fully saturated rings. The first-order valence-electron chi connectivity index (χ1n) is 9.48. The van der Waals surface area contributed by atoms with Crippen molar-refractivity contribution in [2.24, 2.45) is 0 Å². The predicted molar refractivity (Wildman–Crippen MR) is 108 cm³/mol. The lowest BCUT2D eigenvalue weighted by molar-refractivity contribution is -0.375. The molecule has 148 valence electrons. The van der Waals surface area contributed by atoms with Crippen molar-refractivity contribution in [3.05, 3.63) is 94.4 Å². The van der Waals surface area contributed by atoms with E-state index in [2.05, 4.69) is 15.2 Å². The second-order valence-electron chi connectivity index (χ2n) is 7.18. The summed E-state index contributed by atoms with van der Waals surface area (Å²) >= 11 is 0. The SMILES string of the molecule is COCc1cc(C)[nH+]c2c1C(=O)N[C@H](c1ccc(F)cc1)N2Cc1ccccc1. The highest BCUT2D eigenvalue weighted by Crippen LogP contribution is 2.33. The highest BCUT2D eigenvalue weighted by molar-refractivity contribution is 6.01. The number of ether oxygens (including phenoxy) is 1. The van der Waals surface area contributed by atoms with Gasteiger partial charge in [0, 0.05) is 18.2 Å². The number of methoxy groups -OCH3 is 1. The Morgan fingerprint density at radius 1 is 1.14 bits per heavy atom. The van der Waals surface area contributed by atoms with Crippen LogP contribution in [-0.2, 0) is 17.9 Å². The van der Waals surface area contributed by atoms with Crippen LogP contribution in [0.5, 0.6) is 0 Å². The Balaban J connectivity index is 1.85. The minimum atomic E-state index is -0.427. The van der Waals surface area contributed by atoms with E-state index >= 15 is 0 Å². The van der Waals surface area contributed by atoms with E-state index in [1.165, 1.54) is 12.1 Å². The molecule has 6 heteroatoms. The molecule has 1 aliphatic rings. The second-order valence-corrected chi connectivity index (χ2v) is 7.18. The van der Waals surface area contributed by atoms with E-state index in [4.69, 9.17) is 4.74 Å². The van der Waals surface area contributed by atoms with Gasteiger partial charge >= 0.3 is 0 Å². The van der Waals surface area contributed by atoms with Crippen LogP contribution in [0, 0.1) is 12.7 Å². The molecule has 0 bridgehead atoms. The molecule has 1 amide bonds. The number of H-pyrrole nitrogens is 1. The summed E-state index contributed by atoms with van der Waals surface area (Å²) in [4.78, 5) is 18.5. The average Bonchev–Trinajstić information content (AvgIpc) is 2.71. The van der Waals surface area contributed by atoms with Gasteiger partial charge in [-0.15, -0.1) is 0 Å². The summed E-state index contributed by atoms with van der Waals surface area (Å²) in [5.74, 6) is 0.247. The lowest BCUT2D eigenvalue weighted by Gasteiger charge is -2.33. The average molecular weight is 392 g/mol. The molecule has 1 aliphatic heterocycles. The maximum absolute atomic E-state index is 13.5. The fourth-order valence-electron chi connectivity index (χ4n) is 3.77. The Kier molecular flexibility index (Phi) is 5.27. The Morgan fingerprint density at radius 3 is 2.55 bits per heavy atom. The first kappa shape index (κ1) is 19.1. The molecule has 0 saturated heterocycles. The van der Waals surface area contributed by atoms with Crippen LogP contribution in [-0.4, -0.2) is 13.0 Å². The highest BCUT2D eigenvalue weighted by Gasteiger charge is 2.40. The Labute approximate surface area is 169 Å². The highest BCUT2D eigenvalue weighted by atomic mass is 19.1. The van der Waals surface area contributed by atoms with Gasteiger partial charge in [-0.2, -0.15) is 0 Å². The number of aryl methyl sites for hydroxylation is 1. The van der Waals surface area contributed by atoms with Crippen LogP contribution in [0.15, 0.2) is 60.7 Å². The van der Waals surface area contributed by atoms with Gasteiger partial charge in [0.05, 0.1) is 12.3 Å². The van der Waals surface area contributed by atoms with Gasteiger partial charge in [-0.25, -0.2) is 14.3 Å². The molecule has 29 heavy (non-hydrogen) atoms. The maximum Gasteiger partial charge on any atom is 0.290 e. The molecule has 2 heterocycles. The minimum Gasteiger partial charge on any atom is -0.380 e. The van der Waals surface area contributed by atoms with Crippen LogP contribution in [0.2, 0.25) is 0 Å². The van der Waals surface area contributed by atoms with Gasteiger partial charge in [0.1, 0.15) is 17.9 Å². The third-order valence-corrected chi connectivity index (χ3v) is 5.04. The van der Waals surface area contributed by atoms with Crippen LogP contribution in [0.3, 0.4) is 0 Å². The number of pyridine rings is 1. The van der Waals surface area contributed by atoms with E-state index < -0.39 is 6.17 Å². The molecule has 0 aliphatic carbocycles. The molecule has 0 saturated carbocycles. The summed E-state index contributed by atoms with van der Waals surface area (Å²) in [6.07, 6.45) is -0.427. The number of nitrogens with one attached hydrogen (secondary N) is 2. The number of hydrogen-bond acceptors (Lipinski definition) is 3. The molecule has 4 rings (SSSR count). The zero-order chi connectivity index (χ0) is 20.4. The number of benzene rings is 2. The van der Waals surface area contributed by atoms with Crippen molar-refractivity contribution in [2.45, 2.75) is 26.2 Å². The van der Waals surface area contributed by atoms with Gasteiger partial charge < -0.3 is 10.1 Å². The van der Waals surface area contributed by atoms with Gasteiger partial charge in [-0.3, -0.25) is 4.79 Å². The number of aromatic nitrogens is 1. The molecule has 0 spiro atoms. The largest absolute Gasteiger partial charge is 0.380 e. The summed E-state index contributed by atoms with van der Waals surface area (Å²) in [6.45, 7) is 2.87. The van der Waals surface area contributed by atoms with Crippen molar-refractivity contribution in [1.29, 1.82) is 0 Å². The van der Waals surface area contributed by atoms with Crippen molar-refractivity contribution in [2.75, 3.05) is 12.0 Å². The Hall–Kier alpha value is -3.25. The van der Waals surface area contributed by atoms with E-state index in [1.54, 1.807) is 19.2 Å². The van der Waals surface area contributed by atoms with Crippen LogP contribution in [0.4, 0.5) is 10.2 Å². The van der Waals surface area contributed by atoms with Crippen LogP contribution in [0.1, 0.15) is 38.9 Å². The number of rotatable bonds is 5. The summed E-state index contributed by atoms with van der Waals surface area (Å²) in [7, 11) is 1.61. The third-order valence-electron chi connectivity index (χ3n) is 5.04. The number of amides is 1. The van der Waals surface area contributed by atoms with E-state index in [1.807, 2.05) is 43.3 Å². The van der Waals surface area contributed by atoms with Gasteiger partial charge in [0.15, 0.2) is 6.17 Å². The standard InChI is InChI=1S/C23H22FN3O2/c1-15-12-18(14-29-2)20-22(25-15)27(13-16-6-4-3-5-7-16)21(26-23(20)28)17-8-10-19(24)11-9-17/h3-12,21H,13-14H2,1-2H3,(H,26,28)/p+1/t21-/m0/s1. The fraction of sp³-hybridized carbons (Fsp3) is 0.217. The number of fused-ring (bicyclic) bond motifs is 1. The normalized spacial score (nSPS) is 15.8. The number of aromatic amines is 1. The van der Waals surface area contributed by atoms with Gasteiger partial charge in [-0.1, -0.05) is 30.3 Å². The zero-order valence-corrected chi connectivity index (χ0v) is 16.4. The van der Waals surface area contributed by atoms with Crippen molar-refractivity contribution < 1.29 is 18.9 Å². The molecule has 0 radical (unpaired) electrons. The van der Waals surface area contributed by atoms with E-state index in [-0.39, 0.29) is 11.7 Å². The molecule has 1 atom stereocenters.